The summed E-state index contributed by atoms with van der Waals surface area (Å²) < 4.78 is 0. The van der Waals surface area contributed by atoms with Crippen LogP contribution in [0.4, 0.5) is 0 Å². The van der Waals surface area contributed by atoms with Gasteiger partial charge in [0, 0.05) is 36.5 Å². The molecule has 0 aromatic rings. The van der Waals surface area contributed by atoms with Crippen LogP contribution in [0.15, 0.2) is 0 Å². The number of carboxylic acids is 1. The van der Waals surface area contributed by atoms with E-state index in [1.165, 1.54) is 0 Å². The maximum atomic E-state index is 9.54. The van der Waals surface area contributed by atoms with E-state index in [-0.39, 0.29) is 29.6 Å². The third-order valence-electron chi connectivity index (χ3n) is 0.301. The predicted molar refractivity (Wildman–Crippen MR) is 24.1 cm³/mol. The second-order valence-corrected chi connectivity index (χ2v) is 0.861. The van der Waals surface area contributed by atoms with Gasteiger partial charge in [0.25, 0.3) is 0 Å². The molecule has 0 amide bonds. The fourth-order valence-corrected chi connectivity index (χ4v) is 0. The van der Waals surface area contributed by atoms with Gasteiger partial charge in [-0.2, -0.15) is 0 Å². The Morgan fingerprint density at radius 3 is 1.57 bits per heavy atom. The standard InChI is InChI=1S/C3H4O3.Na/c1-2(4)3(5)6;/h1H3,(H,5,6);/i1+1,2+1;. The summed E-state index contributed by atoms with van der Waals surface area (Å²) in [4.78, 5) is 18.9. The molecule has 0 spiro atoms. The molecule has 0 heterocycles. The van der Waals surface area contributed by atoms with Gasteiger partial charge < -0.3 is 5.11 Å². The first kappa shape index (κ1) is 10.2. The number of carbonyl (C=O) groups excluding carboxylic acids is 1. The molecule has 3 nitrogen and oxygen atoms in total. The molecule has 4 heteroatoms. The van der Waals surface area contributed by atoms with E-state index in [0.29, 0.717) is 0 Å². The molecule has 0 aromatic heterocycles. The molecule has 0 aromatic carbocycles. The molecule has 0 aliphatic heterocycles. The van der Waals surface area contributed by atoms with E-state index in [4.69, 9.17) is 5.11 Å². The van der Waals surface area contributed by atoms with Crippen LogP contribution in [-0.4, -0.2) is 46.4 Å². The zero-order valence-electron chi connectivity index (χ0n) is 4.26. The van der Waals surface area contributed by atoms with Crippen molar-refractivity contribution in [1.29, 1.82) is 0 Å². The smallest absolute Gasteiger partial charge is 0.371 e. The zero-order chi connectivity index (χ0) is 5.15. The van der Waals surface area contributed by atoms with Crippen LogP contribution < -0.4 is 0 Å². The summed E-state index contributed by atoms with van der Waals surface area (Å²) in [6.07, 6.45) is 0. The molecular weight excluding hydrogens is 109 g/mol. The van der Waals surface area contributed by atoms with Gasteiger partial charge in [-0.05, 0) is 0 Å². The summed E-state index contributed by atoms with van der Waals surface area (Å²) in [5.41, 5.74) is 0. The monoisotopic (exact) mass is 113 g/mol. The molecule has 0 unspecified atom stereocenters. The quantitative estimate of drug-likeness (QED) is 0.277. The van der Waals surface area contributed by atoms with E-state index in [1.807, 2.05) is 0 Å². The molecule has 0 rings (SSSR count). The first-order valence-electron chi connectivity index (χ1n) is 1.38. The molecular formula is C3H4NaO3. The Kier molecular flexibility index (Phi) is 6.26. The van der Waals surface area contributed by atoms with Crippen molar-refractivity contribution in [2.24, 2.45) is 0 Å². The topological polar surface area (TPSA) is 54.4 Å². The minimum Gasteiger partial charge on any atom is -0.476 e. The number of ketones is 1. The van der Waals surface area contributed by atoms with E-state index >= 15 is 0 Å². The Morgan fingerprint density at radius 2 is 1.57 bits per heavy atom. The number of Topliss-reactive ketones (excluding diaryl/α,β-unsaturated/α-hetero) is 1. The van der Waals surface area contributed by atoms with Gasteiger partial charge in [-0.3, -0.25) is 4.79 Å². The SMILES string of the molecule is [13CH3][13C](=O)C(=O)O.[Na]. The van der Waals surface area contributed by atoms with Gasteiger partial charge in [-0.1, -0.05) is 0 Å². The minimum atomic E-state index is -1.38. The van der Waals surface area contributed by atoms with Crippen molar-refractivity contribution in [3.8, 4) is 0 Å². The van der Waals surface area contributed by atoms with E-state index in [0.717, 1.165) is 6.92 Å². The number of aliphatic carboxylic acids is 1. The fraction of sp³-hybridized carbons (Fsp3) is 0.333. The third-order valence-corrected chi connectivity index (χ3v) is 0.301. The summed E-state index contributed by atoms with van der Waals surface area (Å²) in [6, 6.07) is 0. The number of carboxylic acid groups (broad SMARTS) is 1. The maximum absolute atomic E-state index is 9.54. The van der Waals surface area contributed by atoms with Crippen LogP contribution in [0, 0.1) is 0 Å². The average Bonchev–Trinajstić information content (AvgIpc) is 1.36. The first-order valence-corrected chi connectivity index (χ1v) is 1.38. The molecule has 0 atom stereocenters. The number of hydrogen-bond acceptors (Lipinski definition) is 2. The van der Waals surface area contributed by atoms with Crippen LogP contribution in [0.2, 0.25) is 0 Å². The molecule has 0 saturated heterocycles. The molecule has 1 N–H and O–H groups in total. The van der Waals surface area contributed by atoms with Gasteiger partial charge in [0.15, 0.2) is 0 Å². The van der Waals surface area contributed by atoms with E-state index in [2.05, 4.69) is 0 Å². The molecule has 0 saturated carbocycles. The second kappa shape index (κ2) is 4.30. The van der Waals surface area contributed by atoms with Crippen LogP contribution in [-0.2, 0) is 9.59 Å². The van der Waals surface area contributed by atoms with E-state index < -0.39 is 11.8 Å². The predicted octanol–water partition coefficient (Wildman–Crippen LogP) is -0.721. The van der Waals surface area contributed by atoms with E-state index in [9.17, 15) is 9.59 Å². The van der Waals surface area contributed by atoms with Crippen LogP contribution in [0.3, 0.4) is 0 Å². The van der Waals surface area contributed by atoms with Crippen molar-refractivity contribution in [2.45, 2.75) is 6.92 Å². The number of carbonyl (C=O) groups is 2. The van der Waals surface area contributed by atoms with Crippen LogP contribution in [0.5, 0.6) is 0 Å². The van der Waals surface area contributed by atoms with Gasteiger partial charge in [-0.15, -0.1) is 0 Å². The molecule has 1 radical (unpaired) electrons. The van der Waals surface area contributed by atoms with Crippen LogP contribution in [0.25, 0.3) is 0 Å². The Labute approximate surface area is 63.0 Å². The Morgan fingerprint density at radius 1 is 1.43 bits per heavy atom. The minimum absolute atomic E-state index is 0. The summed E-state index contributed by atoms with van der Waals surface area (Å²) in [5.74, 6) is -2.20. The molecule has 0 aliphatic rings. The van der Waals surface area contributed by atoms with Crippen molar-refractivity contribution in [3.05, 3.63) is 0 Å². The van der Waals surface area contributed by atoms with Crippen molar-refractivity contribution in [1.82, 2.24) is 0 Å². The van der Waals surface area contributed by atoms with Crippen LogP contribution >= 0.6 is 0 Å². The van der Waals surface area contributed by atoms with Crippen molar-refractivity contribution < 1.29 is 14.7 Å². The van der Waals surface area contributed by atoms with Gasteiger partial charge >= 0.3 is 5.97 Å². The summed E-state index contributed by atoms with van der Waals surface area (Å²) in [5, 5.41) is 7.64. The van der Waals surface area contributed by atoms with Crippen LogP contribution in [0.1, 0.15) is 6.92 Å². The zero-order valence-corrected chi connectivity index (χ0v) is 6.26. The van der Waals surface area contributed by atoms with Gasteiger partial charge in [0.1, 0.15) is 0 Å². The molecule has 0 aliphatic carbocycles. The summed E-state index contributed by atoms with van der Waals surface area (Å²) in [6.45, 7) is 1.00. The summed E-state index contributed by atoms with van der Waals surface area (Å²) >= 11 is 0. The normalized spacial score (nSPS) is 6.43. The third kappa shape index (κ3) is 6.14. The number of hydrogen-bond donors (Lipinski definition) is 1. The first-order chi connectivity index (χ1) is 2.64. The van der Waals surface area contributed by atoms with Gasteiger partial charge in [0.2, 0.25) is 5.78 Å². The fourth-order valence-electron chi connectivity index (χ4n) is 0. The maximum Gasteiger partial charge on any atom is 0.371 e. The summed E-state index contributed by atoms with van der Waals surface area (Å²) in [7, 11) is 0. The molecule has 35 valence electrons. The van der Waals surface area contributed by atoms with Crippen molar-refractivity contribution in [3.63, 3.8) is 0 Å². The Bertz CT molecular complexity index is 76.2. The molecule has 7 heavy (non-hydrogen) atoms. The van der Waals surface area contributed by atoms with E-state index in [1.54, 1.807) is 0 Å². The average molecular weight is 113 g/mol. The number of rotatable bonds is 1. The van der Waals surface area contributed by atoms with Crippen molar-refractivity contribution in [2.75, 3.05) is 0 Å². The molecule has 0 bridgehead atoms. The van der Waals surface area contributed by atoms with Gasteiger partial charge in [0.05, 0.1) is 0 Å². The Balaban J connectivity index is 0. The van der Waals surface area contributed by atoms with Crippen molar-refractivity contribution >= 4 is 41.3 Å². The molecule has 0 fully saturated rings. The Hall–Kier alpha value is 0.140. The second-order valence-electron chi connectivity index (χ2n) is 0.861. The van der Waals surface area contributed by atoms with Gasteiger partial charge in [-0.25, -0.2) is 4.79 Å². The largest absolute Gasteiger partial charge is 0.476 e.